The Morgan fingerprint density at radius 2 is 1.94 bits per heavy atom. The number of rotatable bonds is 11. The first-order chi connectivity index (χ1) is 16.6. The van der Waals surface area contributed by atoms with E-state index >= 15 is 0 Å². The van der Waals surface area contributed by atoms with Gasteiger partial charge in [-0.05, 0) is 67.3 Å². The third kappa shape index (κ3) is 4.49. The van der Waals surface area contributed by atoms with Crippen molar-refractivity contribution in [3.63, 3.8) is 0 Å². The number of aryl methyl sites for hydroxylation is 2. The summed E-state index contributed by atoms with van der Waals surface area (Å²) in [4.78, 5) is 7.34. The van der Waals surface area contributed by atoms with Crippen LogP contribution in [0.1, 0.15) is 66.0 Å². The van der Waals surface area contributed by atoms with Crippen LogP contribution in [0.5, 0.6) is 11.5 Å². The Bertz CT molecular complexity index is 1180. The molecule has 1 aliphatic heterocycles. The molecular weight excluding hydrogens is 446 g/mol. The quantitative estimate of drug-likeness (QED) is 0.284. The maximum Gasteiger partial charge on any atom is 0.160 e. The maximum absolute atomic E-state index is 6.70. The van der Waals surface area contributed by atoms with Gasteiger partial charge in [0.25, 0.3) is 0 Å². The Balaban J connectivity index is 1.26. The fraction of sp³-hybridized carbons (Fsp3) is 0.519. The second-order valence-electron chi connectivity index (χ2n) is 9.26. The van der Waals surface area contributed by atoms with E-state index in [1.54, 1.807) is 25.6 Å². The van der Waals surface area contributed by atoms with Gasteiger partial charge in [0.15, 0.2) is 11.5 Å². The summed E-state index contributed by atoms with van der Waals surface area (Å²) >= 11 is 1.72. The summed E-state index contributed by atoms with van der Waals surface area (Å²) in [6, 6.07) is 6.05. The van der Waals surface area contributed by atoms with E-state index in [1.807, 2.05) is 12.1 Å². The van der Waals surface area contributed by atoms with Gasteiger partial charge in [0.05, 0.1) is 24.8 Å². The number of epoxide rings is 1. The third-order valence-electron chi connectivity index (χ3n) is 7.03. The smallest absolute Gasteiger partial charge is 0.160 e. The maximum atomic E-state index is 6.70. The lowest BCUT2D eigenvalue weighted by atomic mass is 10.0. The second-order valence-corrected chi connectivity index (χ2v) is 10.3. The molecule has 3 N–H and O–H groups in total. The zero-order chi connectivity index (χ0) is 23.7. The number of aromatic nitrogens is 1. The molecule has 2 atom stereocenters. The molecule has 34 heavy (non-hydrogen) atoms. The highest BCUT2D eigenvalue weighted by Crippen LogP contribution is 2.49. The lowest BCUT2D eigenvalue weighted by Crippen LogP contribution is -2.21. The van der Waals surface area contributed by atoms with E-state index in [4.69, 9.17) is 24.9 Å². The van der Waals surface area contributed by atoms with Crippen molar-refractivity contribution in [2.45, 2.75) is 70.6 Å². The van der Waals surface area contributed by atoms with Crippen LogP contribution in [0.25, 0.3) is 10.2 Å². The van der Waals surface area contributed by atoms with Crippen molar-refractivity contribution in [1.82, 2.24) is 10.3 Å². The standard InChI is InChI=1S/C27H35N3O3S/c1-4-5-6-10-19-17-8-7-9-18(17)22-23(28)25(34-27(22)30-19)24-26(33-24)29-14-13-16-11-12-20(31-2)21(15-16)32-3/h11-12,15,24,26,29H,4-10,13-14,28H2,1-3H3. The number of ether oxygens (including phenoxy) is 3. The first kappa shape index (κ1) is 23.4. The summed E-state index contributed by atoms with van der Waals surface area (Å²) in [7, 11) is 3.32. The average Bonchev–Trinajstić information content (AvgIpc) is 3.29. The minimum absolute atomic E-state index is 0.00702. The zero-order valence-electron chi connectivity index (χ0n) is 20.4. The molecule has 1 aromatic carbocycles. The van der Waals surface area contributed by atoms with Gasteiger partial charge in [-0.3, -0.25) is 5.32 Å². The van der Waals surface area contributed by atoms with Gasteiger partial charge in [0.1, 0.15) is 17.2 Å². The van der Waals surface area contributed by atoms with Crippen molar-refractivity contribution in [3.05, 3.63) is 45.5 Å². The number of hydrogen-bond donors (Lipinski definition) is 2. The highest BCUT2D eigenvalue weighted by molar-refractivity contribution is 7.19. The van der Waals surface area contributed by atoms with Gasteiger partial charge in [-0.2, -0.15) is 0 Å². The summed E-state index contributed by atoms with van der Waals surface area (Å²) in [6.45, 7) is 3.07. The number of methoxy groups -OCH3 is 2. The minimum atomic E-state index is 0.00702. The molecule has 2 aromatic heterocycles. The molecule has 1 saturated heterocycles. The monoisotopic (exact) mass is 481 g/mol. The first-order valence-electron chi connectivity index (χ1n) is 12.5. The second kappa shape index (κ2) is 10.1. The minimum Gasteiger partial charge on any atom is -0.493 e. The third-order valence-corrected chi connectivity index (χ3v) is 8.19. The lowest BCUT2D eigenvalue weighted by molar-refractivity contribution is 0.348. The number of fused-ring (bicyclic) bond motifs is 3. The van der Waals surface area contributed by atoms with Crippen molar-refractivity contribution in [1.29, 1.82) is 0 Å². The Hall–Kier alpha value is -2.35. The zero-order valence-corrected chi connectivity index (χ0v) is 21.2. The number of thiophene rings is 1. The Kier molecular flexibility index (Phi) is 6.95. The van der Waals surface area contributed by atoms with Crippen LogP contribution in [-0.4, -0.2) is 32.0 Å². The molecule has 1 fully saturated rings. The van der Waals surface area contributed by atoms with E-state index in [-0.39, 0.29) is 12.3 Å². The highest BCUT2D eigenvalue weighted by atomic mass is 32.1. The molecule has 3 heterocycles. The molecule has 1 aliphatic carbocycles. The highest BCUT2D eigenvalue weighted by Gasteiger charge is 2.43. The summed E-state index contributed by atoms with van der Waals surface area (Å²) < 4.78 is 16.7. The molecule has 2 unspecified atom stereocenters. The number of anilines is 1. The predicted molar refractivity (Wildman–Crippen MR) is 138 cm³/mol. The number of benzene rings is 1. The molecule has 6 nitrogen and oxygen atoms in total. The van der Waals surface area contributed by atoms with Crippen LogP contribution in [0.2, 0.25) is 0 Å². The van der Waals surface area contributed by atoms with Crippen LogP contribution in [0.4, 0.5) is 5.69 Å². The van der Waals surface area contributed by atoms with Crippen LogP contribution in [0, 0.1) is 0 Å². The van der Waals surface area contributed by atoms with E-state index in [0.717, 1.165) is 59.1 Å². The van der Waals surface area contributed by atoms with Gasteiger partial charge in [-0.25, -0.2) is 4.98 Å². The molecule has 0 radical (unpaired) electrons. The molecule has 3 aromatic rings. The van der Waals surface area contributed by atoms with Gasteiger partial charge < -0.3 is 19.9 Å². The number of unbranched alkanes of at least 4 members (excludes halogenated alkanes) is 2. The van der Waals surface area contributed by atoms with Gasteiger partial charge in [-0.1, -0.05) is 25.8 Å². The number of hydrogen-bond acceptors (Lipinski definition) is 7. The van der Waals surface area contributed by atoms with Gasteiger partial charge in [-0.15, -0.1) is 11.3 Å². The van der Waals surface area contributed by atoms with Crippen molar-refractivity contribution >= 4 is 27.2 Å². The van der Waals surface area contributed by atoms with Crippen LogP contribution in [-0.2, 0) is 30.4 Å². The molecule has 7 heteroatoms. The molecule has 0 spiro atoms. The first-order valence-corrected chi connectivity index (χ1v) is 13.3. The van der Waals surface area contributed by atoms with Gasteiger partial charge in [0.2, 0.25) is 0 Å². The predicted octanol–water partition coefficient (Wildman–Crippen LogP) is 5.35. The Labute approximate surface area is 205 Å². The van der Waals surface area contributed by atoms with Crippen LogP contribution in [0.15, 0.2) is 18.2 Å². The molecular formula is C27H35N3O3S. The summed E-state index contributed by atoms with van der Waals surface area (Å²) in [6.07, 6.45) is 9.18. The van der Waals surface area contributed by atoms with Crippen LogP contribution in [0.3, 0.4) is 0 Å². The molecule has 5 rings (SSSR count). The molecule has 182 valence electrons. The van der Waals surface area contributed by atoms with Gasteiger partial charge in [0, 0.05) is 17.6 Å². The van der Waals surface area contributed by atoms with Crippen LogP contribution < -0.4 is 20.5 Å². The fourth-order valence-electron chi connectivity index (χ4n) is 5.17. The van der Waals surface area contributed by atoms with Crippen molar-refractivity contribution in [2.24, 2.45) is 0 Å². The summed E-state index contributed by atoms with van der Waals surface area (Å²) in [5, 5.41) is 4.73. The number of nitrogens with one attached hydrogen (secondary N) is 1. The van der Waals surface area contributed by atoms with Crippen molar-refractivity contribution in [2.75, 3.05) is 26.5 Å². The molecule has 0 saturated carbocycles. The Morgan fingerprint density at radius 1 is 1.12 bits per heavy atom. The SMILES string of the molecule is CCCCCc1nc2sc(C3OC3NCCc3ccc(OC)c(OC)c3)c(N)c2c2c1CCC2. The van der Waals surface area contributed by atoms with E-state index in [0.29, 0.717) is 0 Å². The summed E-state index contributed by atoms with van der Waals surface area (Å²) in [5.74, 6) is 1.51. The van der Waals surface area contributed by atoms with E-state index in [2.05, 4.69) is 18.3 Å². The topological polar surface area (TPSA) is 81.9 Å². The number of pyridine rings is 1. The van der Waals surface area contributed by atoms with Gasteiger partial charge >= 0.3 is 0 Å². The van der Waals surface area contributed by atoms with Crippen molar-refractivity contribution < 1.29 is 14.2 Å². The normalized spacial score (nSPS) is 18.9. The number of nitrogens with zero attached hydrogens (tertiary/aromatic N) is 1. The van der Waals surface area contributed by atoms with Crippen LogP contribution >= 0.6 is 11.3 Å². The summed E-state index contributed by atoms with van der Waals surface area (Å²) in [5.41, 5.74) is 13.0. The van der Waals surface area contributed by atoms with Crippen molar-refractivity contribution in [3.8, 4) is 11.5 Å². The largest absolute Gasteiger partial charge is 0.493 e. The lowest BCUT2D eigenvalue weighted by Gasteiger charge is -2.09. The number of nitrogen functional groups attached to an aromatic ring is 1. The van der Waals surface area contributed by atoms with E-state index in [9.17, 15) is 0 Å². The average molecular weight is 482 g/mol. The van der Waals surface area contributed by atoms with E-state index in [1.165, 1.54) is 53.5 Å². The fourth-order valence-corrected chi connectivity index (χ4v) is 6.38. The van der Waals surface area contributed by atoms with E-state index < -0.39 is 0 Å². The Morgan fingerprint density at radius 3 is 2.74 bits per heavy atom. The number of nitrogens with two attached hydrogens (primary N) is 1. The molecule has 2 aliphatic rings. The molecule has 0 bridgehead atoms. The molecule has 0 amide bonds.